The van der Waals surface area contributed by atoms with Gasteiger partial charge in [0, 0.05) is 38.8 Å². The van der Waals surface area contributed by atoms with Gasteiger partial charge in [-0.1, -0.05) is 0 Å². The minimum absolute atomic E-state index is 0.0382. The normalized spacial score (nSPS) is 25.1. The Morgan fingerprint density at radius 2 is 1.79 bits per heavy atom. The van der Waals surface area contributed by atoms with Crippen LogP contribution in [0.4, 0.5) is 0 Å². The van der Waals surface area contributed by atoms with Gasteiger partial charge in [0.1, 0.15) is 5.76 Å². The number of piperidine rings is 2. The second-order valence-corrected chi connectivity index (χ2v) is 8.05. The number of carbonyl (C=O) groups is 2. The Hall–Kier alpha value is -1.93. The Balaban J connectivity index is 1.30. The molecule has 2 amide bonds. The van der Waals surface area contributed by atoms with Crippen LogP contribution in [-0.2, 0) is 9.53 Å². The Bertz CT molecular complexity index is 692. The first-order valence-corrected chi connectivity index (χ1v) is 10.4. The van der Waals surface area contributed by atoms with E-state index < -0.39 is 0 Å². The minimum Gasteiger partial charge on any atom is -0.448 e. The summed E-state index contributed by atoms with van der Waals surface area (Å²) < 4.78 is 10.5. The third kappa shape index (κ3) is 4.07. The average Bonchev–Trinajstić information content (AvgIpc) is 3.19. The van der Waals surface area contributed by atoms with Gasteiger partial charge in [0.2, 0.25) is 5.91 Å². The average molecular weight is 390 g/mol. The summed E-state index contributed by atoms with van der Waals surface area (Å²) >= 11 is 0. The first-order valence-electron chi connectivity index (χ1n) is 10.4. The lowest BCUT2D eigenvalue weighted by Crippen LogP contribution is -2.53. The van der Waals surface area contributed by atoms with E-state index in [0.717, 1.165) is 65.0 Å². The molecule has 0 N–H and O–H groups in total. The van der Waals surface area contributed by atoms with Gasteiger partial charge >= 0.3 is 0 Å². The van der Waals surface area contributed by atoms with Gasteiger partial charge in [-0.05, 0) is 39.2 Å². The third-order valence-corrected chi connectivity index (χ3v) is 6.34. The molecule has 0 radical (unpaired) electrons. The highest BCUT2D eigenvalue weighted by Crippen LogP contribution is 2.26. The predicted octanol–water partition coefficient (Wildman–Crippen LogP) is 1.16. The van der Waals surface area contributed by atoms with E-state index in [4.69, 9.17) is 9.15 Å². The number of amides is 2. The van der Waals surface area contributed by atoms with Crippen LogP contribution in [0.5, 0.6) is 0 Å². The Morgan fingerprint density at radius 1 is 1.04 bits per heavy atom. The first-order chi connectivity index (χ1) is 13.6. The molecule has 8 heteroatoms. The zero-order valence-electron chi connectivity index (χ0n) is 16.6. The van der Waals surface area contributed by atoms with Crippen molar-refractivity contribution < 1.29 is 18.7 Å². The number of morpholine rings is 1. The van der Waals surface area contributed by atoms with Gasteiger partial charge in [-0.3, -0.25) is 14.5 Å². The van der Waals surface area contributed by atoms with Crippen molar-refractivity contribution in [3.05, 3.63) is 17.8 Å². The maximum absolute atomic E-state index is 12.9. The SMILES string of the molecule is Cc1ocnc1C(=O)N1CCC(N2CCCC(C(=O)N3CCOCC3)C2)CC1. The number of oxazole rings is 1. The van der Waals surface area contributed by atoms with E-state index in [2.05, 4.69) is 9.88 Å². The van der Waals surface area contributed by atoms with E-state index >= 15 is 0 Å². The van der Waals surface area contributed by atoms with Gasteiger partial charge in [0.05, 0.1) is 19.1 Å². The van der Waals surface area contributed by atoms with Gasteiger partial charge in [-0.15, -0.1) is 0 Å². The molecule has 3 aliphatic heterocycles. The van der Waals surface area contributed by atoms with E-state index in [1.165, 1.54) is 6.39 Å². The molecule has 3 fully saturated rings. The van der Waals surface area contributed by atoms with Crippen molar-refractivity contribution in [2.75, 3.05) is 52.5 Å². The van der Waals surface area contributed by atoms with E-state index in [1.54, 1.807) is 6.92 Å². The second kappa shape index (κ2) is 8.61. The fourth-order valence-electron chi connectivity index (χ4n) is 4.68. The maximum atomic E-state index is 12.9. The van der Waals surface area contributed by atoms with Crippen LogP contribution in [-0.4, -0.2) is 90.0 Å². The van der Waals surface area contributed by atoms with Crippen LogP contribution >= 0.6 is 0 Å². The molecule has 8 nitrogen and oxygen atoms in total. The molecule has 0 saturated carbocycles. The standard InChI is InChI=1S/C20H30N4O4/c1-15-18(21-14-28-15)20(26)22-7-4-17(5-8-22)24-6-2-3-16(13-24)19(25)23-9-11-27-12-10-23/h14,16-17H,2-13H2,1H3. The number of hydrogen-bond donors (Lipinski definition) is 0. The van der Waals surface area contributed by atoms with E-state index in [1.807, 2.05) is 9.80 Å². The predicted molar refractivity (Wildman–Crippen MR) is 102 cm³/mol. The monoisotopic (exact) mass is 390 g/mol. The van der Waals surface area contributed by atoms with Gasteiger partial charge < -0.3 is 19.0 Å². The Morgan fingerprint density at radius 3 is 2.46 bits per heavy atom. The van der Waals surface area contributed by atoms with Crippen LogP contribution in [0.3, 0.4) is 0 Å². The summed E-state index contributed by atoms with van der Waals surface area (Å²) in [6, 6.07) is 0.447. The lowest BCUT2D eigenvalue weighted by atomic mass is 9.92. The second-order valence-electron chi connectivity index (χ2n) is 8.05. The molecule has 1 atom stereocenters. The summed E-state index contributed by atoms with van der Waals surface area (Å²) in [4.78, 5) is 35.9. The summed E-state index contributed by atoms with van der Waals surface area (Å²) in [7, 11) is 0. The number of ether oxygens (including phenoxy) is 1. The highest BCUT2D eigenvalue weighted by atomic mass is 16.5. The number of carbonyl (C=O) groups excluding carboxylic acids is 2. The van der Waals surface area contributed by atoms with Crippen LogP contribution < -0.4 is 0 Å². The van der Waals surface area contributed by atoms with Crippen molar-refractivity contribution in [1.82, 2.24) is 19.7 Å². The van der Waals surface area contributed by atoms with Crippen LogP contribution in [0.1, 0.15) is 41.9 Å². The number of likely N-dealkylation sites (tertiary alicyclic amines) is 2. The lowest BCUT2D eigenvalue weighted by Gasteiger charge is -2.43. The highest BCUT2D eigenvalue weighted by Gasteiger charge is 2.35. The van der Waals surface area contributed by atoms with Crippen molar-refractivity contribution >= 4 is 11.8 Å². The number of nitrogens with zero attached hydrogens (tertiary/aromatic N) is 4. The molecule has 1 unspecified atom stereocenters. The summed E-state index contributed by atoms with van der Waals surface area (Å²) in [5.41, 5.74) is 0.424. The number of aromatic nitrogens is 1. The van der Waals surface area contributed by atoms with Crippen LogP contribution in [0, 0.1) is 12.8 Å². The van der Waals surface area contributed by atoms with Gasteiger partial charge in [-0.2, -0.15) is 0 Å². The highest BCUT2D eigenvalue weighted by molar-refractivity contribution is 5.93. The summed E-state index contributed by atoms with van der Waals surface area (Å²) in [6.45, 7) is 7.87. The van der Waals surface area contributed by atoms with Crippen molar-refractivity contribution in [1.29, 1.82) is 0 Å². The fraction of sp³-hybridized carbons (Fsp3) is 0.750. The molecule has 1 aromatic heterocycles. The zero-order valence-corrected chi connectivity index (χ0v) is 16.6. The van der Waals surface area contributed by atoms with E-state index in [-0.39, 0.29) is 11.8 Å². The van der Waals surface area contributed by atoms with E-state index in [9.17, 15) is 9.59 Å². The summed E-state index contributed by atoms with van der Waals surface area (Å²) in [5.74, 6) is 0.933. The van der Waals surface area contributed by atoms with Crippen molar-refractivity contribution in [2.45, 2.75) is 38.6 Å². The molecule has 1 aromatic rings. The molecule has 0 spiro atoms. The largest absolute Gasteiger partial charge is 0.448 e. The Labute approximate surface area is 165 Å². The molecule has 4 rings (SSSR count). The van der Waals surface area contributed by atoms with Crippen LogP contribution in [0.15, 0.2) is 10.8 Å². The van der Waals surface area contributed by atoms with Crippen molar-refractivity contribution in [3.8, 4) is 0 Å². The molecular formula is C20H30N4O4. The number of hydrogen-bond acceptors (Lipinski definition) is 6. The quantitative estimate of drug-likeness (QED) is 0.771. The molecular weight excluding hydrogens is 360 g/mol. The first kappa shape index (κ1) is 19.4. The van der Waals surface area contributed by atoms with Crippen molar-refractivity contribution in [3.63, 3.8) is 0 Å². The van der Waals surface area contributed by atoms with Crippen LogP contribution in [0.25, 0.3) is 0 Å². The molecule has 28 heavy (non-hydrogen) atoms. The Kier molecular flexibility index (Phi) is 5.96. The molecule has 0 bridgehead atoms. The molecule has 0 aliphatic carbocycles. The zero-order chi connectivity index (χ0) is 19.5. The minimum atomic E-state index is -0.0382. The molecule has 0 aromatic carbocycles. The molecule has 4 heterocycles. The molecule has 154 valence electrons. The fourth-order valence-corrected chi connectivity index (χ4v) is 4.68. The van der Waals surface area contributed by atoms with Gasteiger partial charge in [0.15, 0.2) is 12.1 Å². The van der Waals surface area contributed by atoms with Gasteiger partial charge in [0.25, 0.3) is 5.91 Å². The van der Waals surface area contributed by atoms with E-state index in [0.29, 0.717) is 36.6 Å². The summed E-state index contributed by atoms with van der Waals surface area (Å²) in [6.07, 6.45) is 5.27. The third-order valence-electron chi connectivity index (χ3n) is 6.34. The van der Waals surface area contributed by atoms with Crippen molar-refractivity contribution in [2.24, 2.45) is 5.92 Å². The topological polar surface area (TPSA) is 79.1 Å². The lowest BCUT2D eigenvalue weighted by molar-refractivity contribution is -0.141. The maximum Gasteiger partial charge on any atom is 0.276 e. The smallest absolute Gasteiger partial charge is 0.276 e. The summed E-state index contributed by atoms with van der Waals surface area (Å²) in [5, 5.41) is 0. The molecule has 3 aliphatic rings. The number of rotatable bonds is 3. The van der Waals surface area contributed by atoms with Gasteiger partial charge in [-0.25, -0.2) is 4.98 Å². The molecule has 3 saturated heterocycles. The van der Waals surface area contributed by atoms with Crippen LogP contribution in [0.2, 0.25) is 0 Å². The number of aryl methyl sites for hydroxylation is 1.